The number of amides is 1. The lowest BCUT2D eigenvalue weighted by Gasteiger charge is -2.18. The van der Waals surface area contributed by atoms with Crippen LogP contribution in [0, 0.1) is 0 Å². The second-order valence-corrected chi connectivity index (χ2v) is 5.29. The molecule has 0 aliphatic rings. The predicted octanol–water partition coefficient (Wildman–Crippen LogP) is 2.49. The monoisotopic (exact) mass is 462 g/mol. The van der Waals surface area contributed by atoms with Crippen molar-refractivity contribution >= 4 is 35.8 Å². The number of nitrogens with zero attached hydrogens (tertiary/aromatic N) is 2. The van der Waals surface area contributed by atoms with Gasteiger partial charge in [-0.2, -0.15) is 0 Å². The van der Waals surface area contributed by atoms with Crippen molar-refractivity contribution in [3.63, 3.8) is 0 Å². The number of benzene rings is 1. The molecule has 7 heteroatoms. The molecule has 0 heterocycles. The summed E-state index contributed by atoms with van der Waals surface area (Å²) in [6.07, 6.45) is 0. The predicted molar refractivity (Wildman–Crippen MR) is 114 cm³/mol. The summed E-state index contributed by atoms with van der Waals surface area (Å²) in [6, 6.07) is 7.66. The Hall–Kier alpha value is -1.35. The van der Waals surface area contributed by atoms with Crippen LogP contribution in [0.15, 0.2) is 29.3 Å². The maximum Gasteiger partial charge on any atom is 0.253 e. The first kappa shape index (κ1) is 23.6. The molecular formula is C18H31IN4O2. The van der Waals surface area contributed by atoms with Crippen LogP contribution in [0.1, 0.15) is 36.7 Å². The minimum Gasteiger partial charge on any atom is -0.383 e. The molecule has 0 aliphatic heterocycles. The Morgan fingerprint density at radius 1 is 1.12 bits per heavy atom. The normalized spacial score (nSPS) is 10.8. The highest BCUT2D eigenvalue weighted by atomic mass is 127. The van der Waals surface area contributed by atoms with Crippen LogP contribution >= 0.6 is 24.0 Å². The molecule has 6 nitrogen and oxygen atoms in total. The first-order chi connectivity index (χ1) is 11.7. The second kappa shape index (κ2) is 13.9. The van der Waals surface area contributed by atoms with Gasteiger partial charge < -0.3 is 20.3 Å². The lowest BCUT2D eigenvalue weighted by molar-refractivity contribution is 0.0773. The van der Waals surface area contributed by atoms with Gasteiger partial charge in [0.1, 0.15) is 0 Å². The molecular weight excluding hydrogens is 431 g/mol. The SMILES string of the molecule is CCNC(=NCc1ccc(C(=O)N(CC)CC)cc1)NCCOC.I. The number of methoxy groups -OCH3 is 1. The topological polar surface area (TPSA) is 66.0 Å². The van der Waals surface area contributed by atoms with Crippen molar-refractivity contribution in [2.24, 2.45) is 4.99 Å². The van der Waals surface area contributed by atoms with E-state index in [1.165, 1.54) is 0 Å². The highest BCUT2D eigenvalue weighted by Gasteiger charge is 2.11. The van der Waals surface area contributed by atoms with Crippen molar-refractivity contribution in [2.75, 3.05) is 39.9 Å². The third-order valence-electron chi connectivity index (χ3n) is 3.61. The number of guanidine groups is 1. The number of nitrogens with one attached hydrogen (secondary N) is 2. The molecule has 0 saturated heterocycles. The maximum atomic E-state index is 12.3. The molecule has 0 unspecified atom stereocenters. The van der Waals surface area contributed by atoms with Crippen LogP contribution in [-0.4, -0.2) is 56.7 Å². The van der Waals surface area contributed by atoms with Crippen molar-refractivity contribution in [3.8, 4) is 0 Å². The minimum atomic E-state index is 0. The van der Waals surface area contributed by atoms with Gasteiger partial charge in [0, 0.05) is 38.9 Å². The summed E-state index contributed by atoms with van der Waals surface area (Å²) in [7, 11) is 1.67. The summed E-state index contributed by atoms with van der Waals surface area (Å²) in [5.74, 6) is 0.836. The van der Waals surface area contributed by atoms with Gasteiger partial charge in [-0.25, -0.2) is 4.99 Å². The van der Waals surface area contributed by atoms with Crippen molar-refractivity contribution < 1.29 is 9.53 Å². The number of carbonyl (C=O) groups is 1. The van der Waals surface area contributed by atoms with E-state index >= 15 is 0 Å². The van der Waals surface area contributed by atoms with Crippen LogP contribution in [0.5, 0.6) is 0 Å². The summed E-state index contributed by atoms with van der Waals surface area (Å²) in [4.78, 5) is 18.6. The fraction of sp³-hybridized carbons (Fsp3) is 0.556. The van der Waals surface area contributed by atoms with Gasteiger partial charge in [0.25, 0.3) is 5.91 Å². The van der Waals surface area contributed by atoms with Gasteiger partial charge in [0.15, 0.2) is 5.96 Å². The van der Waals surface area contributed by atoms with Gasteiger partial charge in [-0.05, 0) is 38.5 Å². The van der Waals surface area contributed by atoms with Gasteiger partial charge in [-0.1, -0.05) is 12.1 Å². The lowest BCUT2D eigenvalue weighted by atomic mass is 10.1. The Kier molecular flexibility index (Phi) is 13.1. The molecule has 2 N–H and O–H groups in total. The molecule has 1 aromatic carbocycles. The lowest BCUT2D eigenvalue weighted by Crippen LogP contribution is -2.38. The molecule has 142 valence electrons. The fourth-order valence-corrected chi connectivity index (χ4v) is 2.23. The van der Waals surface area contributed by atoms with E-state index in [9.17, 15) is 4.79 Å². The molecule has 0 radical (unpaired) electrons. The molecule has 0 spiro atoms. The zero-order valence-corrected chi connectivity index (χ0v) is 18.0. The van der Waals surface area contributed by atoms with Crippen LogP contribution in [-0.2, 0) is 11.3 Å². The molecule has 1 rings (SSSR count). The molecule has 0 atom stereocenters. The van der Waals surface area contributed by atoms with Crippen LogP contribution < -0.4 is 10.6 Å². The third kappa shape index (κ3) is 8.53. The van der Waals surface area contributed by atoms with Gasteiger partial charge in [0.2, 0.25) is 0 Å². The average molecular weight is 462 g/mol. The molecule has 1 aromatic rings. The number of ether oxygens (including phenoxy) is 1. The number of carbonyl (C=O) groups excluding carboxylic acids is 1. The highest BCUT2D eigenvalue weighted by molar-refractivity contribution is 14.0. The van der Waals surface area contributed by atoms with Gasteiger partial charge in [0.05, 0.1) is 13.2 Å². The van der Waals surface area contributed by atoms with E-state index in [0.29, 0.717) is 19.7 Å². The highest BCUT2D eigenvalue weighted by Crippen LogP contribution is 2.09. The maximum absolute atomic E-state index is 12.3. The van der Waals surface area contributed by atoms with E-state index in [0.717, 1.165) is 36.7 Å². The quantitative estimate of drug-likeness (QED) is 0.256. The first-order valence-corrected chi connectivity index (χ1v) is 8.55. The largest absolute Gasteiger partial charge is 0.383 e. The standard InChI is InChI=1S/C18H30N4O2.HI/c1-5-19-18(20-12-13-24-4)21-14-15-8-10-16(11-9-15)17(23)22(6-2)7-3;/h8-11H,5-7,12-14H2,1-4H3,(H2,19,20,21);1H. The molecule has 0 fully saturated rings. The third-order valence-corrected chi connectivity index (χ3v) is 3.61. The number of hydrogen-bond donors (Lipinski definition) is 2. The summed E-state index contributed by atoms with van der Waals surface area (Å²) < 4.78 is 5.03. The fourth-order valence-electron chi connectivity index (χ4n) is 2.23. The van der Waals surface area contributed by atoms with Gasteiger partial charge in [-0.3, -0.25) is 4.79 Å². The molecule has 0 aromatic heterocycles. The summed E-state index contributed by atoms with van der Waals surface area (Å²) in [5, 5.41) is 6.40. The van der Waals surface area contributed by atoms with E-state index in [4.69, 9.17) is 4.74 Å². The van der Waals surface area contributed by atoms with Crippen LogP contribution in [0.3, 0.4) is 0 Å². The number of rotatable bonds is 9. The first-order valence-electron chi connectivity index (χ1n) is 8.55. The Bertz CT molecular complexity index is 516. The van der Waals surface area contributed by atoms with Crippen LogP contribution in [0.2, 0.25) is 0 Å². The van der Waals surface area contributed by atoms with E-state index in [2.05, 4.69) is 15.6 Å². The molecule has 0 bridgehead atoms. The van der Waals surface area contributed by atoms with E-state index in [-0.39, 0.29) is 29.9 Å². The average Bonchev–Trinajstić information content (AvgIpc) is 2.61. The Labute approximate surface area is 168 Å². The van der Waals surface area contributed by atoms with Crippen molar-refractivity contribution in [1.82, 2.24) is 15.5 Å². The second-order valence-electron chi connectivity index (χ2n) is 5.29. The smallest absolute Gasteiger partial charge is 0.253 e. The van der Waals surface area contributed by atoms with E-state index in [1.807, 2.05) is 49.9 Å². The molecule has 25 heavy (non-hydrogen) atoms. The number of aliphatic imine (C=N–C) groups is 1. The minimum absolute atomic E-state index is 0. The van der Waals surface area contributed by atoms with E-state index < -0.39 is 0 Å². The van der Waals surface area contributed by atoms with E-state index in [1.54, 1.807) is 7.11 Å². The van der Waals surface area contributed by atoms with Crippen LogP contribution in [0.25, 0.3) is 0 Å². The summed E-state index contributed by atoms with van der Waals surface area (Å²) >= 11 is 0. The van der Waals surface area contributed by atoms with Crippen molar-refractivity contribution in [2.45, 2.75) is 27.3 Å². The van der Waals surface area contributed by atoms with Crippen LogP contribution in [0.4, 0.5) is 0 Å². The summed E-state index contributed by atoms with van der Waals surface area (Å²) in [5.41, 5.74) is 1.78. The molecule has 0 saturated carbocycles. The Morgan fingerprint density at radius 3 is 2.28 bits per heavy atom. The Morgan fingerprint density at radius 2 is 1.76 bits per heavy atom. The number of hydrogen-bond acceptors (Lipinski definition) is 3. The van der Waals surface area contributed by atoms with Gasteiger partial charge in [-0.15, -0.1) is 24.0 Å². The zero-order chi connectivity index (χ0) is 17.8. The molecule has 0 aliphatic carbocycles. The summed E-state index contributed by atoms with van der Waals surface area (Å²) in [6.45, 7) is 10.2. The van der Waals surface area contributed by atoms with Crippen molar-refractivity contribution in [3.05, 3.63) is 35.4 Å². The van der Waals surface area contributed by atoms with Crippen molar-refractivity contribution in [1.29, 1.82) is 0 Å². The number of halogens is 1. The molecule has 1 amide bonds. The Balaban J connectivity index is 0.00000576. The van der Waals surface area contributed by atoms with Gasteiger partial charge >= 0.3 is 0 Å². The zero-order valence-electron chi connectivity index (χ0n) is 15.7.